The van der Waals surface area contributed by atoms with Crippen molar-refractivity contribution >= 4 is 21.8 Å². The summed E-state index contributed by atoms with van der Waals surface area (Å²) in [7, 11) is 1.64. The molecule has 1 heterocycles. The van der Waals surface area contributed by atoms with Gasteiger partial charge in [-0.3, -0.25) is 9.48 Å². The second-order valence-corrected chi connectivity index (χ2v) is 4.75. The Morgan fingerprint density at radius 2 is 2.28 bits per heavy atom. The molecule has 0 aliphatic rings. The molecule has 0 aromatic carbocycles. The fourth-order valence-corrected chi connectivity index (χ4v) is 2.17. The van der Waals surface area contributed by atoms with Crippen molar-refractivity contribution in [1.29, 1.82) is 0 Å². The average Bonchev–Trinajstić information content (AvgIpc) is 2.75. The molecular formula is C12H20BrN3O2. The maximum atomic E-state index is 12.4. The lowest BCUT2D eigenvalue weighted by molar-refractivity contribution is 0.0697. The number of carbonyl (C=O) groups is 1. The second kappa shape index (κ2) is 7.53. The summed E-state index contributed by atoms with van der Waals surface area (Å²) in [6.07, 6.45) is 0. The summed E-state index contributed by atoms with van der Waals surface area (Å²) in [5, 5.41) is 5.05. The molecule has 0 saturated carbocycles. The molecule has 18 heavy (non-hydrogen) atoms. The molecule has 0 bridgehead atoms. The number of hydrogen-bond donors (Lipinski definition) is 0. The molecule has 0 spiro atoms. The van der Waals surface area contributed by atoms with Gasteiger partial charge in [0, 0.05) is 32.1 Å². The Morgan fingerprint density at radius 3 is 2.83 bits per heavy atom. The Morgan fingerprint density at radius 1 is 1.56 bits per heavy atom. The van der Waals surface area contributed by atoms with Crippen LogP contribution in [0.25, 0.3) is 0 Å². The Balaban J connectivity index is 2.86. The highest BCUT2D eigenvalue weighted by Crippen LogP contribution is 2.08. The molecule has 1 rings (SSSR count). The summed E-state index contributed by atoms with van der Waals surface area (Å²) in [5.74, 6) is 0.00829. The van der Waals surface area contributed by atoms with Crippen LogP contribution in [0.4, 0.5) is 0 Å². The molecule has 0 aliphatic heterocycles. The number of aryl methyl sites for hydroxylation is 2. The van der Waals surface area contributed by atoms with E-state index in [1.165, 1.54) is 0 Å². The monoisotopic (exact) mass is 317 g/mol. The van der Waals surface area contributed by atoms with Crippen LogP contribution in [0.5, 0.6) is 0 Å². The van der Waals surface area contributed by atoms with E-state index in [2.05, 4.69) is 21.0 Å². The summed E-state index contributed by atoms with van der Waals surface area (Å²) >= 11 is 3.37. The van der Waals surface area contributed by atoms with E-state index >= 15 is 0 Å². The van der Waals surface area contributed by atoms with Crippen molar-refractivity contribution in [2.45, 2.75) is 20.4 Å². The van der Waals surface area contributed by atoms with Gasteiger partial charge in [-0.25, -0.2) is 0 Å². The van der Waals surface area contributed by atoms with Gasteiger partial charge in [0.05, 0.1) is 12.3 Å². The molecule has 102 valence electrons. The number of amides is 1. The highest BCUT2D eigenvalue weighted by atomic mass is 79.9. The molecule has 6 heteroatoms. The van der Waals surface area contributed by atoms with E-state index in [4.69, 9.17) is 4.74 Å². The number of rotatable bonds is 7. The first-order chi connectivity index (χ1) is 8.63. The zero-order chi connectivity index (χ0) is 13.5. The summed E-state index contributed by atoms with van der Waals surface area (Å²) < 4.78 is 6.78. The van der Waals surface area contributed by atoms with E-state index in [1.54, 1.807) is 16.7 Å². The third kappa shape index (κ3) is 3.81. The van der Waals surface area contributed by atoms with Crippen LogP contribution in [0.2, 0.25) is 0 Å². The molecule has 0 fully saturated rings. The maximum absolute atomic E-state index is 12.4. The second-order valence-electron chi connectivity index (χ2n) is 3.96. The number of hydrogen-bond acceptors (Lipinski definition) is 3. The maximum Gasteiger partial charge on any atom is 0.272 e. The van der Waals surface area contributed by atoms with Crippen molar-refractivity contribution < 1.29 is 9.53 Å². The molecule has 0 atom stereocenters. The van der Waals surface area contributed by atoms with E-state index in [-0.39, 0.29) is 5.91 Å². The van der Waals surface area contributed by atoms with Crippen LogP contribution in [0, 0.1) is 6.92 Å². The quantitative estimate of drug-likeness (QED) is 0.719. The van der Waals surface area contributed by atoms with E-state index in [0.717, 1.165) is 11.0 Å². The molecule has 1 aromatic rings. The van der Waals surface area contributed by atoms with Crippen LogP contribution >= 0.6 is 15.9 Å². The predicted molar refractivity (Wildman–Crippen MR) is 74.2 cm³/mol. The van der Waals surface area contributed by atoms with Gasteiger partial charge in [-0.1, -0.05) is 15.9 Å². The van der Waals surface area contributed by atoms with E-state index in [1.807, 2.05) is 19.9 Å². The van der Waals surface area contributed by atoms with Crippen molar-refractivity contribution in [2.75, 3.05) is 32.1 Å². The molecule has 1 aromatic heterocycles. The minimum absolute atomic E-state index is 0.00829. The highest BCUT2D eigenvalue weighted by molar-refractivity contribution is 9.09. The van der Waals surface area contributed by atoms with Crippen LogP contribution in [0.15, 0.2) is 6.07 Å². The van der Waals surface area contributed by atoms with Gasteiger partial charge in [0.2, 0.25) is 0 Å². The Kier molecular flexibility index (Phi) is 6.35. The van der Waals surface area contributed by atoms with Crippen LogP contribution in [-0.2, 0) is 11.3 Å². The van der Waals surface area contributed by atoms with Crippen LogP contribution in [-0.4, -0.2) is 52.7 Å². The molecule has 0 saturated heterocycles. The van der Waals surface area contributed by atoms with E-state index in [0.29, 0.717) is 31.9 Å². The molecule has 0 unspecified atom stereocenters. The zero-order valence-corrected chi connectivity index (χ0v) is 12.7. The van der Waals surface area contributed by atoms with Crippen LogP contribution in [0.3, 0.4) is 0 Å². The van der Waals surface area contributed by atoms with Gasteiger partial charge in [-0.15, -0.1) is 0 Å². The van der Waals surface area contributed by atoms with E-state index < -0.39 is 0 Å². The number of aromatic nitrogens is 2. The van der Waals surface area contributed by atoms with Crippen molar-refractivity contribution in [3.63, 3.8) is 0 Å². The Hall–Kier alpha value is -0.880. The van der Waals surface area contributed by atoms with Gasteiger partial charge in [0.1, 0.15) is 5.69 Å². The SMILES string of the molecule is CCn1nc(C)cc1C(=O)N(CCBr)CCOC. The molecule has 1 amide bonds. The zero-order valence-electron chi connectivity index (χ0n) is 11.1. The lowest BCUT2D eigenvalue weighted by Crippen LogP contribution is -2.36. The van der Waals surface area contributed by atoms with Gasteiger partial charge in [-0.05, 0) is 19.9 Å². The third-order valence-corrected chi connectivity index (χ3v) is 2.98. The Labute approximate surface area is 116 Å². The minimum Gasteiger partial charge on any atom is -0.383 e. The summed E-state index contributed by atoms with van der Waals surface area (Å²) in [5.41, 5.74) is 1.51. The standard InChI is InChI=1S/C12H20BrN3O2/c1-4-16-11(9-10(2)14-16)12(17)15(6-5-13)7-8-18-3/h9H,4-8H2,1-3H3. The van der Waals surface area contributed by atoms with Crippen LogP contribution < -0.4 is 0 Å². The van der Waals surface area contributed by atoms with Gasteiger partial charge >= 0.3 is 0 Å². The number of nitrogens with zero attached hydrogens (tertiary/aromatic N) is 3. The van der Waals surface area contributed by atoms with Gasteiger partial charge in [0.25, 0.3) is 5.91 Å². The van der Waals surface area contributed by atoms with E-state index in [9.17, 15) is 4.79 Å². The number of carbonyl (C=O) groups excluding carboxylic acids is 1. The Bertz CT molecular complexity index is 393. The molecule has 5 nitrogen and oxygen atoms in total. The first-order valence-corrected chi connectivity index (χ1v) is 7.14. The summed E-state index contributed by atoms with van der Waals surface area (Å²) in [4.78, 5) is 14.2. The molecule has 0 radical (unpaired) electrons. The first-order valence-electron chi connectivity index (χ1n) is 6.02. The first kappa shape index (κ1) is 15.2. The summed E-state index contributed by atoms with van der Waals surface area (Å²) in [6.45, 7) is 6.37. The molecule has 0 aliphatic carbocycles. The van der Waals surface area contributed by atoms with Crippen molar-refractivity contribution in [1.82, 2.24) is 14.7 Å². The highest BCUT2D eigenvalue weighted by Gasteiger charge is 2.19. The normalized spacial score (nSPS) is 10.7. The minimum atomic E-state index is 0.00829. The van der Waals surface area contributed by atoms with Gasteiger partial charge in [0.15, 0.2) is 0 Å². The fourth-order valence-electron chi connectivity index (χ4n) is 1.74. The van der Waals surface area contributed by atoms with Crippen molar-refractivity contribution in [3.8, 4) is 0 Å². The average molecular weight is 318 g/mol. The van der Waals surface area contributed by atoms with Crippen LogP contribution in [0.1, 0.15) is 23.1 Å². The smallest absolute Gasteiger partial charge is 0.272 e. The van der Waals surface area contributed by atoms with Gasteiger partial charge < -0.3 is 9.64 Å². The van der Waals surface area contributed by atoms with Gasteiger partial charge in [-0.2, -0.15) is 5.10 Å². The lowest BCUT2D eigenvalue weighted by Gasteiger charge is -2.21. The predicted octanol–water partition coefficient (Wildman–Crippen LogP) is 1.69. The number of halogens is 1. The number of alkyl halides is 1. The van der Waals surface area contributed by atoms with Crippen molar-refractivity contribution in [3.05, 3.63) is 17.5 Å². The van der Waals surface area contributed by atoms with Crippen molar-refractivity contribution in [2.24, 2.45) is 0 Å². The molecule has 0 N–H and O–H groups in total. The largest absolute Gasteiger partial charge is 0.383 e. The third-order valence-electron chi connectivity index (χ3n) is 2.63. The topological polar surface area (TPSA) is 47.4 Å². The molecular weight excluding hydrogens is 298 g/mol. The number of methoxy groups -OCH3 is 1. The summed E-state index contributed by atoms with van der Waals surface area (Å²) in [6, 6.07) is 1.83. The number of ether oxygens (including phenoxy) is 1. The lowest BCUT2D eigenvalue weighted by atomic mass is 10.3. The fraction of sp³-hybridized carbons (Fsp3) is 0.667.